The average molecular weight is 145 g/mol. The van der Waals surface area contributed by atoms with Crippen molar-refractivity contribution in [1.29, 1.82) is 0 Å². The van der Waals surface area contributed by atoms with Gasteiger partial charge in [0.15, 0.2) is 0 Å². The van der Waals surface area contributed by atoms with Crippen molar-refractivity contribution in [3.05, 3.63) is 5.21 Å². The normalized spacial score (nSPS) is 24.6. The number of quaternary nitrogens is 1. The van der Waals surface area contributed by atoms with Crippen LogP contribution in [0.3, 0.4) is 0 Å². The van der Waals surface area contributed by atoms with E-state index in [1.165, 1.54) is 6.42 Å². The van der Waals surface area contributed by atoms with Gasteiger partial charge in [0, 0.05) is 0 Å². The molecule has 0 radical (unpaired) electrons. The Hall–Kier alpha value is -0.120. The molecule has 10 heavy (non-hydrogen) atoms. The van der Waals surface area contributed by atoms with Crippen molar-refractivity contribution in [3.63, 3.8) is 0 Å². The van der Waals surface area contributed by atoms with Crippen LogP contribution in [-0.4, -0.2) is 24.5 Å². The Morgan fingerprint density at radius 1 is 1.30 bits per heavy atom. The van der Waals surface area contributed by atoms with E-state index in [1.807, 2.05) is 6.92 Å². The van der Waals surface area contributed by atoms with Crippen molar-refractivity contribution in [2.75, 3.05) is 19.7 Å². The Kier molecular flexibility index (Phi) is 2.65. The third-order valence-corrected chi connectivity index (χ3v) is 1.86. The summed E-state index contributed by atoms with van der Waals surface area (Å²) in [5.74, 6) is 0. The second-order valence-electron chi connectivity index (χ2n) is 2.74. The van der Waals surface area contributed by atoms with Gasteiger partial charge in [-0.2, -0.15) is 0 Å². The first-order valence-electron chi connectivity index (χ1n) is 3.99. The molecule has 1 saturated heterocycles. The van der Waals surface area contributed by atoms with Gasteiger partial charge in [-0.15, -0.1) is 0 Å². The smallest absolute Gasteiger partial charge is 0.108 e. The molecular weight excluding hydrogens is 130 g/mol. The lowest BCUT2D eigenvalue weighted by molar-refractivity contribution is -1.07. The molecule has 1 rings (SSSR count). The minimum atomic E-state index is -0.406. The van der Waals surface area contributed by atoms with Gasteiger partial charge in [0.25, 0.3) is 0 Å². The quantitative estimate of drug-likeness (QED) is 0.435. The summed E-state index contributed by atoms with van der Waals surface area (Å²) in [4.78, 5) is 4.65. The maximum absolute atomic E-state index is 11.4. The van der Waals surface area contributed by atoms with E-state index in [-0.39, 0.29) is 0 Å². The topological polar surface area (TPSA) is 32.3 Å². The Balaban J connectivity index is 2.32. The van der Waals surface area contributed by atoms with Crippen molar-refractivity contribution in [2.24, 2.45) is 0 Å². The van der Waals surface area contributed by atoms with Gasteiger partial charge in [0.05, 0.1) is 0 Å². The van der Waals surface area contributed by atoms with Crippen molar-refractivity contribution < 1.29 is 9.65 Å². The van der Waals surface area contributed by atoms with E-state index in [1.54, 1.807) is 0 Å². The van der Waals surface area contributed by atoms with E-state index >= 15 is 0 Å². The summed E-state index contributed by atoms with van der Waals surface area (Å²) in [6.45, 7) is 3.69. The number of nitrogens with zero attached hydrogens (tertiary/aromatic N) is 1. The lowest BCUT2D eigenvalue weighted by Gasteiger charge is -2.41. The van der Waals surface area contributed by atoms with Crippen molar-refractivity contribution >= 4 is 0 Å². The van der Waals surface area contributed by atoms with Crippen LogP contribution in [0.15, 0.2) is 0 Å². The molecule has 0 aromatic carbocycles. The maximum atomic E-state index is 11.4. The van der Waals surface area contributed by atoms with Crippen LogP contribution in [0.4, 0.5) is 0 Å². The summed E-state index contributed by atoms with van der Waals surface area (Å²) in [6.07, 6.45) is 3.22. The molecule has 0 aromatic heterocycles. The molecule has 0 unspecified atom stereocenters. The minimum absolute atomic E-state index is 0.406. The van der Waals surface area contributed by atoms with E-state index in [2.05, 4.69) is 0 Å². The van der Waals surface area contributed by atoms with Gasteiger partial charge in [-0.3, -0.25) is 0 Å². The fraction of sp³-hybridized carbons (Fsp3) is 1.00. The Labute approximate surface area is 61.7 Å². The van der Waals surface area contributed by atoms with Crippen LogP contribution in [0, 0.1) is 5.21 Å². The molecule has 1 aliphatic rings. The minimum Gasteiger partial charge on any atom is -0.598 e. The molecule has 1 heterocycles. The van der Waals surface area contributed by atoms with Gasteiger partial charge in [-0.1, -0.05) is 0 Å². The SMILES string of the molecule is CCO[N+]1([O-])CCCCC1. The third kappa shape index (κ3) is 1.94. The fourth-order valence-corrected chi connectivity index (χ4v) is 1.36. The zero-order chi connectivity index (χ0) is 7.45. The van der Waals surface area contributed by atoms with Gasteiger partial charge in [0.2, 0.25) is 0 Å². The van der Waals surface area contributed by atoms with Gasteiger partial charge in [0.1, 0.15) is 19.7 Å². The molecule has 1 fully saturated rings. The Morgan fingerprint density at radius 2 is 1.90 bits per heavy atom. The summed E-state index contributed by atoms with van der Waals surface area (Å²) in [7, 11) is 0. The predicted octanol–water partition coefficient (Wildman–Crippen LogP) is 1.44. The van der Waals surface area contributed by atoms with E-state index in [0.29, 0.717) is 19.7 Å². The molecule has 0 N–H and O–H groups in total. The van der Waals surface area contributed by atoms with Crippen molar-refractivity contribution in [3.8, 4) is 0 Å². The zero-order valence-electron chi connectivity index (χ0n) is 6.51. The number of hydroxylamine groups is 4. The summed E-state index contributed by atoms with van der Waals surface area (Å²) in [5, 5.41) is 11.4. The zero-order valence-corrected chi connectivity index (χ0v) is 6.51. The summed E-state index contributed by atoms with van der Waals surface area (Å²) >= 11 is 0. The average Bonchev–Trinajstić information content (AvgIpc) is 1.89. The molecule has 60 valence electrons. The van der Waals surface area contributed by atoms with Gasteiger partial charge in [-0.25, -0.2) is 9.65 Å². The first-order valence-corrected chi connectivity index (χ1v) is 3.99. The molecule has 0 aliphatic carbocycles. The molecule has 0 saturated carbocycles. The van der Waals surface area contributed by atoms with Gasteiger partial charge < -0.3 is 5.21 Å². The second kappa shape index (κ2) is 3.32. The van der Waals surface area contributed by atoms with Gasteiger partial charge >= 0.3 is 0 Å². The molecule has 1 aliphatic heterocycles. The first-order chi connectivity index (χ1) is 4.77. The third-order valence-electron chi connectivity index (χ3n) is 1.86. The Bertz CT molecular complexity index is 94.3. The number of rotatable bonds is 2. The molecule has 3 nitrogen and oxygen atoms in total. The van der Waals surface area contributed by atoms with E-state index < -0.39 is 4.81 Å². The highest BCUT2D eigenvalue weighted by Gasteiger charge is 2.21. The lowest BCUT2D eigenvalue weighted by Crippen LogP contribution is -2.45. The molecule has 0 spiro atoms. The molecule has 3 heteroatoms. The lowest BCUT2D eigenvalue weighted by atomic mass is 10.2. The second-order valence-corrected chi connectivity index (χ2v) is 2.74. The van der Waals surface area contributed by atoms with Crippen LogP contribution < -0.4 is 0 Å². The molecule has 0 aromatic rings. The number of piperidine rings is 1. The van der Waals surface area contributed by atoms with Crippen LogP contribution in [0.2, 0.25) is 0 Å². The van der Waals surface area contributed by atoms with E-state index in [4.69, 9.17) is 4.84 Å². The van der Waals surface area contributed by atoms with Crippen LogP contribution in [-0.2, 0) is 4.84 Å². The number of hydrogen-bond donors (Lipinski definition) is 0. The van der Waals surface area contributed by atoms with Crippen molar-refractivity contribution in [2.45, 2.75) is 26.2 Å². The summed E-state index contributed by atoms with van der Waals surface area (Å²) < 4.78 is 0. The highest BCUT2D eigenvalue weighted by molar-refractivity contribution is 4.48. The largest absolute Gasteiger partial charge is 0.598 e. The van der Waals surface area contributed by atoms with Crippen LogP contribution in [0.5, 0.6) is 0 Å². The fourth-order valence-electron chi connectivity index (χ4n) is 1.36. The highest BCUT2D eigenvalue weighted by atomic mass is 16.9. The van der Waals surface area contributed by atoms with Crippen LogP contribution in [0.1, 0.15) is 26.2 Å². The predicted molar refractivity (Wildman–Crippen MR) is 38.8 cm³/mol. The molecular formula is C7H15NO2. The standard InChI is InChI=1S/C7H15NO2/c1-2-10-8(9)6-4-3-5-7-8/h2-7H2,1H3. The highest BCUT2D eigenvalue weighted by Crippen LogP contribution is 2.17. The number of hydrogen-bond acceptors (Lipinski definition) is 2. The summed E-state index contributed by atoms with van der Waals surface area (Å²) in [6, 6.07) is 0. The molecule has 0 bridgehead atoms. The monoisotopic (exact) mass is 145 g/mol. The van der Waals surface area contributed by atoms with E-state index in [0.717, 1.165) is 12.8 Å². The van der Waals surface area contributed by atoms with Crippen molar-refractivity contribution in [1.82, 2.24) is 0 Å². The molecule has 0 atom stereocenters. The summed E-state index contributed by atoms with van der Waals surface area (Å²) in [5.41, 5.74) is 0. The first kappa shape index (κ1) is 7.98. The van der Waals surface area contributed by atoms with Crippen LogP contribution >= 0.6 is 0 Å². The maximum Gasteiger partial charge on any atom is 0.108 e. The molecule has 0 amide bonds. The van der Waals surface area contributed by atoms with Gasteiger partial charge in [-0.05, 0) is 26.2 Å². The van der Waals surface area contributed by atoms with E-state index in [9.17, 15) is 5.21 Å². The Morgan fingerprint density at radius 3 is 2.40 bits per heavy atom. The van der Waals surface area contributed by atoms with Crippen LogP contribution in [0.25, 0.3) is 0 Å².